The van der Waals surface area contributed by atoms with Crippen LogP contribution >= 0.6 is 0 Å². The first-order valence-corrected chi connectivity index (χ1v) is 15.1. The first-order valence-electron chi connectivity index (χ1n) is 13.6. The summed E-state index contributed by atoms with van der Waals surface area (Å²) in [5.41, 5.74) is 1.63. The molecule has 212 valence electrons. The molecule has 2 aliphatic rings. The van der Waals surface area contributed by atoms with E-state index in [1.165, 1.54) is 18.2 Å². The maximum Gasteiger partial charge on any atom is 0.266 e. The minimum absolute atomic E-state index is 0.0300. The van der Waals surface area contributed by atoms with E-state index in [2.05, 4.69) is 0 Å². The average Bonchev–Trinajstić information content (AvgIpc) is 3.73. The number of hydrogen-bond donors (Lipinski definition) is 0. The van der Waals surface area contributed by atoms with Crippen LogP contribution in [0.15, 0.2) is 132 Å². The molecule has 0 unspecified atom stereocenters. The molecule has 0 aromatic heterocycles. The van der Waals surface area contributed by atoms with Crippen LogP contribution in [0.3, 0.4) is 0 Å². The highest BCUT2D eigenvalue weighted by atomic mass is 32.2. The van der Waals surface area contributed by atoms with E-state index in [0.717, 1.165) is 15.4 Å². The third kappa shape index (κ3) is 5.20. The molecule has 2 fully saturated rings. The van der Waals surface area contributed by atoms with E-state index < -0.39 is 39.5 Å². The summed E-state index contributed by atoms with van der Waals surface area (Å²) >= 11 is 0. The molecule has 0 radical (unpaired) electrons. The van der Waals surface area contributed by atoms with Crippen LogP contribution in [0.4, 0.5) is 0 Å². The molecule has 42 heavy (non-hydrogen) atoms. The van der Waals surface area contributed by atoms with Gasteiger partial charge >= 0.3 is 0 Å². The molecule has 4 aromatic carbocycles. The Morgan fingerprint density at radius 2 is 1.45 bits per heavy atom. The van der Waals surface area contributed by atoms with Crippen LogP contribution in [0.25, 0.3) is 0 Å². The lowest BCUT2D eigenvalue weighted by Crippen LogP contribution is -2.41. The number of epoxide rings is 1. The fraction of sp³-hybridized carbons (Fsp3) is 0.176. The first-order chi connectivity index (χ1) is 20.3. The van der Waals surface area contributed by atoms with Gasteiger partial charge in [-0.2, -0.15) is 0 Å². The Balaban J connectivity index is 1.53. The van der Waals surface area contributed by atoms with Crippen LogP contribution in [-0.4, -0.2) is 43.7 Å². The van der Waals surface area contributed by atoms with Gasteiger partial charge < -0.3 is 9.47 Å². The molecule has 2 saturated heterocycles. The number of amides is 1. The second-order valence-electron chi connectivity index (χ2n) is 10.4. The van der Waals surface area contributed by atoms with E-state index in [1.807, 2.05) is 43.3 Å². The maximum absolute atomic E-state index is 14.5. The van der Waals surface area contributed by atoms with Gasteiger partial charge in [0, 0.05) is 5.56 Å². The van der Waals surface area contributed by atoms with Crippen molar-refractivity contribution in [1.29, 1.82) is 0 Å². The monoisotopic (exact) mass is 579 g/mol. The molecule has 4 aromatic rings. The molecule has 6 rings (SSSR count). The Hall–Kier alpha value is -4.37. The number of nitrogens with zero attached hydrogens (tertiary/aromatic N) is 1. The van der Waals surface area contributed by atoms with Crippen molar-refractivity contribution in [1.82, 2.24) is 4.31 Å². The average molecular weight is 580 g/mol. The SMILES string of the molecule is Cc1ccc(S(=O)(=O)N2C[C@H]3O[C@@]3(c3ccccc3)CO[C@@H](c3ccccc3)/C(=C/C(=O)c3ccccc3)C2=O)cc1. The van der Waals surface area contributed by atoms with Crippen molar-refractivity contribution in [2.24, 2.45) is 0 Å². The van der Waals surface area contributed by atoms with Crippen molar-refractivity contribution in [3.05, 3.63) is 149 Å². The van der Waals surface area contributed by atoms with Crippen LogP contribution in [0.2, 0.25) is 0 Å². The first kappa shape index (κ1) is 27.8. The molecule has 0 spiro atoms. The molecule has 2 aliphatic heterocycles. The summed E-state index contributed by atoms with van der Waals surface area (Å²) in [7, 11) is -4.34. The Kier molecular flexibility index (Phi) is 7.36. The molecule has 0 aliphatic carbocycles. The fourth-order valence-corrected chi connectivity index (χ4v) is 6.68. The third-order valence-corrected chi connectivity index (χ3v) is 9.45. The predicted octanol–water partition coefficient (Wildman–Crippen LogP) is 5.39. The normalized spacial score (nSPS) is 23.4. The Morgan fingerprint density at radius 3 is 2.10 bits per heavy atom. The number of sulfonamides is 1. The highest BCUT2D eigenvalue weighted by Crippen LogP contribution is 2.49. The fourth-order valence-electron chi connectivity index (χ4n) is 5.29. The van der Waals surface area contributed by atoms with Gasteiger partial charge in [0.15, 0.2) is 5.78 Å². The lowest BCUT2D eigenvalue weighted by atomic mass is 9.95. The lowest BCUT2D eigenvalue weighted by molar-refractivity contribution is -0.124. The summed E-state index contributed by atoms with van der Waals surface area (Å²) in [5.74, 6) is -1.28. The quantitative estimate of drug-likeness (QED) is 0.173. The molecule has 0 N–H and O–H groups in total. The van der Waals surface area contributed by atoms with E-state index in [-0.39, 0.29) is 23.6 Å². The highest BCUT2D eigenvalue weighted by Gasteiger charge is 2.61. The van der Waals surface area contributed by atoms with Crippen LogP contribution in [0, 0.1) is 6.92 Å². The van der Waals surface area contributed by atoms with Crippen molar-refractivity contribution < 1.29 is 27.5 Å². The molecule has 0 bridgehead atoms. The maximum atomic E-state index is 14.5. The second-order valence-corrected chi connectivity index (χ2v) is 12.3. The zero-order chi connectivity index (χ0) is 29.3. The lowest BCUT2D eigenvalue weighted by Gasteiger charge is -2.26. The highest BCUT2D eigenvalue weighted by molar-refractivity contribution is 7.89. The van der Waals surface area contributed by atoms with Crippen LogP contribution in [-0.2, 0) is 29.9 Å². The minimum atomic E-state index is -4.34. The van der Waals surface area contributed by atoms with Crippen LogP contribution in [0.5, 0.6) is 0 Å². The number of rotatable bonds is 6. The molecule has 2 heterocycles. The summed E-state index contributed by atoms with van der Waals surface area (Å²) in [5, 5.41) is 0. The Labute approximate surface area is 245 Å². The van der Waals surface area contributed by atoms with Crippen molar-refractivity contribution in [3.8, 4) is 0 Å². The molecule has 8 heteroatoms. The summed E-state index contributed by atoms with van der Waals surface area (Å²) in [6.07, 6.45) is -0.477. The molecular weight excluding hydrogens is 550 g/mol. The van der Waals surface area contributed by atoms with E-state index in [1.54, 1.807) is 66.7 Å². The van der Waals surface area contributed by atoms with E-state index in [0.29, 0.717) is 11.1 Å². The number of carbonyl (C=O) groups excluding carboxylic acids is 2. The number of ether oxygens (including phenoxy) is 2. The van der Waals surface area contributed by atoms with E-state index in [9.17, 15) is 18.0 Å². The zero-order valence-corrected chi connectivity index (χ0v) is 23.7. The summed E-state index contributed by atoms with van der Waals surface area (Å²) in [4.78, 5) is 27.9. The Bertz CT molecular complexity index is 1740. The van der Waals surface area contributed by atoms with Crippen LogP contribution < -0.4 is 0 Å². The van der Waals surface area contributed by atoms with E-state index in [4.69, 9.17) is 9.47 Å². The van der Waals surface area contributed by atoms with Crippen molar-refractivity contribution in [2.45, 2.75) is 29.6 Å². The van der Waals surface area contributed by atoms with Gasteiger partial charge in [-0.1, -0.05) is 109 Å². The molecular formula is C34H29NO6S. The van der Waals surface area contributed by atoms with E-state index >= 15 is 0 Å². The van der Waals surface area contributed by atoms with Gasteiger partial charge in [-0.3, -0.25) is 9.59 Å². The number of aryl methyl sites for hydroxylation is 1. The smallest absolute Gasteiger partial charge is 0.266 e. The number of fused-ring (bicyclic) bond motifs is 1. The van der Waals surface area contributed by atoms with Crippen molar-refractivity contribution >= 4 is 21.7 Å². The third-order valence-electron chi connectivity index (χ3n) is 7.69. The Morgan fingerprint density at radius 1 is 0.857 bits per heavy atom. The number of hydrogen-bond acceptors (Lipinski definition) is 6. The second kappa shape index (κ2) is 11.1. The van der Waals surface area contributed by atoms with Gasteiger partial charge in [0.2, 0.25) is 0 Å². The zero-order valence-electron chi connectivity index (χ0n) is 22.9. The van der Waals surface area contributed by atoms with Crippen LogP contribution in [0.1, 0.15) is 33.2 Å². The van der Waals surface area contributed by atoms with Gasteiger partial charge in [0.25, 0.3) is 15.9 Å². The van der Waals surface area contributed by atoms with Gasteiger partial charge in [0.05, 0.1) is 23.6 Å². The molecule has 0 saturated carbocycles. The minimum Gasteiger partial charge on any atom is -0.365 e. The van der Waals surface area contributed by atoms with Gasteiger partial charge in [0.1, 0.15) is 17.8 Å². The van der Waals surface area contributed by atoms with Crippen molar-refractivity contribution in [2.75, 3.05) is 13.2 Å². The number of carbonyl (C=O) groups is 2. The summed E-state index contributed by atoms with van der Waals surface area (Å²) in [6.45, 7) is 1.65. The number of allylic oxidation sites excluding steroid dienone is 1. The number of ketones is 1. The van der Waals surface area contributed by atoms with Gasteiger partial charge in [-0.25, -0.2) is 12.7 Å². The molecule has 7 nitrogen and oxygen atoms in total. The molecule has 3 atom stereocenters. The number of benzene rings is 4. The predicted molar refractivity (Wildman–Crippen MR) is 157 cm³/mol. The van der Waals surface area contributed by atoms with Gasteiger partial charge in [-0.05, 0) is 36.3 Å². The largest absolute Gasteiger partial charge is 0.365 e. The van der Waals surface area contributed by atoms with Gasteiger partial charge in [-0.15, -0.1) is 0 Å². The summed E-state index contributed by atoms with van der Waals surface area (Å²) in [6, 6.07) is 33.3. The molecule has 1 amide bonds. The topological polar surface area (TPSA) is 93.3 Å². The standard InChI is InChI=1S/C34H29NO6S/c1-24-17-19-28(20-18-24)42(38,39)35-22-31-34(41-31,27-15-9-4-10-16-27)23-40-32(26-13-7-3-8-14-26)29(33(35)37)21-30(36)25-11-5-2-6-12-25/h2-21,31-32H,22-23H2,1H3/b29-21-/t31-,32+,34-/m1/s1. The van der Waals surface area contributed by atoms with Crippen molar-refractivity contribution in [3.63, 3.8) is 0 Å². The summed E-state index contributed by atoms with van der Waals surface area (Å²) < 4.78 is 41.8.